The topological polar surface area (TPSA) is 43.3 Å². The maximum atomic E-state index is 12.6. The van der Waals surface area contributed by atoms with Crippen molar-refractivity contribution in [1.29, 1.82) is 0 Å². The molecule has 2 aromatic carbocycles. The van der Waals surface area contributed by atoms with Gasteiger partial charge in [0, 0.05) is 27.8 Å². The van der Waals surface area contributed by atoms with E-state index in [1.54, 1.807) is 6.07 Å². The minimum Gasteiger partial charge on any atom is -0.494 e. The molecule has 1 amide bonds. The summed E-state index contributed by atoms with van der Waals surface area (Å²) >= 11 is 6.13. The third-order valence-electron chi connectivity index (χ3n) is 4.24. The van der Waals surface area contributed by atoms with Gasteiger partial charge in [-0.3, -0.25) is 4.79 Å². The van der Waals surface area contributed by atoms with Crippen molar-refractivity contribution in [1.82, 2.24) is 4.57 Å². The molecule has 0 aliphatic heterocycles. The van der Waals surface area contributed by atoms with E-state index >= 15 is 0 Å². The molecular weight excluding hydrogens is 336 g/mol. The van der Waals surface area contributed by atoms with Crippen LogP contribution in [0.3, 0.4) is 0 Å². The third kappa shape index (κ3) is 3.64. The fraction of sp³-hybridized carbons (Fsp3) is 0.250. The van der Waals surface area contributed by atoms with Gasteiger partial charge in [0.05, 0.1) is 6.61 Å². The quantitative estimate of drug-likeness (QED) is 0.682. The Hall–Kier alpha value is -2.46. The fourth-order valence-electron chi connectivity index (χ4n) is 2.78. The van der Waals surface area contributed by atoms with Crippen LogP contribution in [0.15, 0.2) is 48.7 Å². The van der Waals surface area contributed by atoms with Gasteiger partial charge in [-0.2, -0.15) is 0 Å². The number of hydrogen-bond donors (Lipinski definition) is 1. The average molecular weight is 357 g/mol. The minimum absolute atomic E-state index is 0.0914. The van der Waals surface area contributed by atoms with Crippen LogP contribution in [0.1, 0.15) is 25.5 Å². The first-order chi connectivity index (χ1) is 12.0. The first-order valence-electron chi connectivity index (χ1n) is 8.30. The van der Waals surface area contributed by atoms with E-state index in [2.05, 4.69) is 5.32 Å². The Morgan fingerprint density at radius 1 is 1.24 bits per heavy atom. The Morgan fingerprint density at radius 3 is 2.76 bits per heavy atom. The zero-order valence-corrected chi connectivity index (χ0v) is 15.3. The minimum atomic E-state index is -0.351. The molecule has 0 bridgehead atoms. The van der Waals surface area contributed by atoms with E-state index in [0.717, 1.165) is 22.2 Å². The van der Waals surface area contributed by atoms with Crippen LogP contribution >= 0.6 is 11.6 Å². The third-order valence-corrected chi connectivity index (χ3v) is 4.65. The number of amides is 1. The standard InChI is InChI=1S/C20H21ClN2O2/c1-4-25-17-7-8-19-15(11-17)9-10-23(19)14(3)20(24)22-16-6-5-13(2)18(21)12-16/h5-12,14H,4H2,1-3H3,(H,22,24). The van der Waals surface area contributed by atoms with Crippen LogP contribution in [0.5, 0.6) is 5.75 Å². The number of nitrogens with one attached hydrogen (secondary N) is 1. The highest BCUT2D eigenvalue weighted by Gasteiger charge is 2.17. The molecule has 3 rings (SSSR count). The highest BCUT2D eigenvalue weighted by atomic mass is 35.5. The SMILES string of the molecule is CCOc1ccc2c(ccn2C(C)C(=O)Nc2ccc(C)c(Cl)c2)c1. The molecule has 0 aliphatic rings. The number of benzene rings is 2. The van der Waals surface area contributed by atoms with E-state index in [-0.39, 0.29) is 11.9 Å². The van der Waals surface area contributed by atoms with Crippen molar-refractivity contribution >= 4 is 34.1 Å². The van der Waals surface area contributed by atoms with E-state index < -0.39 is 0 Å². The highest BCUT2D eigenvalue weighted by Crippen LogP contribution is 2.26. The lowest BCUT2D eigenvalue weighted by Gasteiger charge is -2.16. The lowest BCUT2D eigenvalue weighted by atomic mass is 10.2. The smallest absolute Gasteiger partial charge is 0.247 e. The molecule has 4 nitrogen and oxygen atoms in total. The van der Waals surface area contributed by atoms with Crippen molar-refractivity contribution in [2.24, 2.45) is 0 Å². The maximum Gasteiger partial charge on any atom is 0.247 e. The number of ether oxygens (including phenoxy) is 1. The zero-order valence-electron chi connectivity index (χ0n) is 14.5. The Morgan fingerprint density at radius 2 is 2.04 bits per heavy atom. The molecule has 25 heavy (non-hydrogen) atoms. The number of carbonyl (C=O) groups is 1. The van der Waals surface area contributed by atoms with Gasteiger partial charge in [0.1, 0.15) is 11.8 Å². The molecule has 1 N–H and O–H groups in total. The van der Waals surface area contributed by atoms with Crippen molar-refractivity contribution in [3.63, 3.8) is 0 Å². The summed E-state index contributed by atoms with van der Waals surface area (Å²) in [7, 11) is 0. The molecular formula is C20H21ClN2O2. The first-order valence-corrected chi connectivity index (χ1v) is 8.68. The molecule has 0 radical (unpaired) electrons. The Labute approximate surface area is 152 Å². The van der Waals surface area contributed by atoms with Gasteiger partial charge >= 0.3 is 0 Å². The molecule has 5 heteroatoms. The van der Waals surface area contributed by atoms with Gasteiger partial charge in [-0.05, 0) is 62.7 Å². The predicted octanol–water partition coefficient (Wildman–Crippen LogP) is 5.20. The number of anilines is 1. The van der Waals surface area contributed by atoms with Crippen LogP contribution in [0.25, 0.3) is 10.9 Å². The van der Waals surface area contributed by atoms with Crippen LogP contribution in [0, 0.1) is 6.92 Å². The molecule has 0 fully saturated rings. The molecule has 0 saturated carbocycles. The van der Waals surface area contributed by atoms with E-state index in [1.807, 2.05) is 67.9 Å². The van der Waals surface area contributed by atoms with Crippen molar-refractivity contribution in [2.75, 3.05) is 11.9 Å². The monoisotopic (exact) mass is 356 g/mol. The van der Waals surface area contributed by atoms with Gasteiger partial charge in [0.2, 0.25) is 5.91 Å². The average Bonchev–Trinajstić information content (AvgIpc) is 3.01. The molecule has 3 aromatic rings. The molecule has 130 valence electrons. The van der Waals surface area contributed by atoms with Crippen LogP contribution in [0.4, 0.5) is 5.69 Å². The maximum absolute atomic E-state index is 12.6. The van der Waals surface area contributed by atoms with E-state index in [0.29, 0.717) is 17.3 Å². The first kappa shape index (κ1) is 17.4. The van der Waals surface area contributed by atoms with Gasteiger partial charge in [-0.1, -0.05) is 17.7 Å². The fourth-order valence-corrected chi connectivity index (χ4v) is 2.96. The number of aryl methyl sites for hydroxylation is 1. The van der Waals surface area contributed by atoms with Crippen molar-refractivity contribution in [2.45, 2.75) is 26.8 Å². The number of halogens is 1. The molecule has 0 aliphatic carbocycles. The molecule has 1 unspecified atom stereocenters. The predicted molar refractivity (Wildman–Crippen MR) is 103 cm³/mol. The van der Waals surface area contributed by atoms with Crippen molar-refractivity contribution < 1.29 is 9.53 Å². The van der Waals surface area contributed by atoms with Gasteiger partial charge in [-0.15, -0.1) is 0 Å². The summed E-state index contributed by atoms with van der Waals surface area (Å²) in [5.74, 6) is 0.741. The second-order valence-electron chi connectivity index (χ2n) is 6.01. The number of aromatic nitrogens is 1. The van der Waals surface area contributed by atoms with E-state index in [1.165, 1.54) is 0 Å². The number of hydrogen-bond acceptors (Lipinski definition) is 2. The van der Waals surface area contributed by atoms with E-state index in [4.69, 9.17) is 16.3 Å². The van der Waals surface area contributed by atoms with Crippen molar-refractivity contribution in [3.8, 4) is 5.75 Å². The molecule has 1 heterocycles. The largest absolute Gasteiger partial charge is 0.494 e. The second kappa shape index (κ2) is 7.19. The molecule has 1 atom stereocenters. The summed E-state index contributed by atoms with van der Waals surface area (Å²) in [6, 6.07) is 13.0. The van der Waals surface area contributed by atoms with Crippen molar-refractivity contribution in [3.05, 3.63) is 59.2 Å². The Kier molecular flexibility index (Phi) is 5.00. The van der Waals surface area contributed by atoms with Gasteiger partial charge in [-0.25, -0.2) is 0 Å². The zero-order chi connectivity index (χ0) is 18.0. The normalized spacial score (nSPS) is 12.2. The summed E-state index contributed by atoms with van der Waals surface area (Å²) in [6.07, 6.45) is 1.92. The van der Waals surface area contributed by atoms with Gasteiger partial charge in [0.25, 0.3) is 0 Å². The summed E-state index contributed by atoms with van der Waals surface area (Å²) in [6.45, 7) is 6.39. The summed E-state index contributed by atoms with van der Waals surface area (Å²) < 4.78 is 7.48. The van der Waals surface area contributed by atoms with Crippen LogP contribution in [-0.4, -0.2) is 17.1 Å². The summed E-state index contributed by atoms with van der Waals surface area (Å²) in [5, 5.41) is 4.61. The lowest BCUT2D eigenvalue weighted by molar-refractivity contribution is -0.118. The molecule has 1 aromatic heterocycles. The lowest BCUT2D eigenvalue weighted by Crippen LogP contribution is -2.23. The number of nitrogens with zero attached hydrogens (tertiary/aromatic N) is 1. The molecule has 0 saturated heterocycles. The second-order valence-corrected chi connectivity index (χ2v) is 6.41. The Balaban J connectivity index is 1.82. The van der Waals surface area contributed by atoms with Crippen LogP contribution in [0.2, 0.25) is 5.02 Å². The number of rotatable bonds is 5. The van der Waals surface area contributed by atoms with Gasteiger partial charge in [0.15, 0.2) is 0 Å². The Bertz CT molecular complexity index is 917. The van der Waals surface area contributed by atoms with E-state index in [9.17, 15) is 4.79 Å². The number of carbonyl (C=O) groups excluding carboxylic acids is 1. The highest BCUT2D eigenvalue weighted by molar-refractivity contribution is 6.31. The number of fused-ring (bicyclic) bond motifs is 1. The molecule has 0 spiro atoms. The van der Waals surface area contributed by atoms with Gasteiger partial charge < -0.3 is 14.6 Å². The summed E-state index contributed by atoms with van der Waals surface area (Å²) in [5.41, 5.74) is 2.67. The summed E-state index contributed by atoms with van der Waals surface area (Å²) in [4.78, 5) is 12.6. The van der Waals surface area contributed by atoms with Crippen LogP contribution in [-0.2, 0) is 4.79 Å². The van der Waals surface area contributed by atoms with Crippen LogP contribution < -0.4 is 10.1 Å².